The van der Waals surface area contributed by atoms with Crippen molar-refractivity contribution in [1.29, 1.82) is 0 Å². The van der Waals surface area contributed by atoms with E-state index in [1.165, 1.54) is 57.7 Å². The van der Waals surface area contributed by atoms with Crippen molar-refractivity contribution in [3.63, 3.8) is 0 Å². The molecule has 2 bridgehead atoms. The lowest BCUT2D eigenvalue weighted by molar-refractivity contribution is -0.157. The van der Waals surface area contributed by atoms with Crippen molar-refractivity contribution < 1.29 is 4.79 Å². The van der Waals surface area contributed by atoms with E-state index < -0.39 is 0 Å². The van der Waals surface area contributed by atoms with E-state index in [0.29, 0.717) is 16.7 Å². The van der Waals surface area contributed by atoms with Crippen LogP contribution in [0.1, 0.15) is 71.6 Å². The summed E-state index contributed by atoms with van der Waals surface area (Å²) in [6, 6.07) is 0. The van der Waals surface area contributed by atoms with Crippen LogP contribution in [0.25, 0.3) is 0 Å². The van der Waals surface area contributed by atoms with E-state index in [9.17, 15) is 4.79 Å². The highest BCUT2D eigenvalue weighted by Crippen LogP contribution is 2.71. The fraction of sp³-hybridized carbons (Fsp3) is 0.850. The van der Waals surface area contributed by atoms with Crippen LogP contribution < -0.4 is 0 Å². The molecule has 1 spiro atoms. The minimum Gasteiger partial charge on any atom is -0.303 e. The van der Waals surface area contributed by atoms with E-state index in [1.807, 2.05) is 0 Å². The normalized spacial score (nSPS) is 55.7. The summed E-state index contributed by atoms with van der Waals surface area (Å²) in [6.45, 7) is 9.19. The first-order valence-electron chi connectivity index (χ1n) is 9.08. The lowest BCUT2D eigenvalue weighted by Gasteiger charge is -2.63. The molecule has 4 aliphatic rings. The Balaban J connectivity index is 1.75. The maximum atomic E-state index is 11.8. The molecule has 1 heteroatoms. The van der Waals surface area contributed by atoms with Crippen LogP contribution in [0.5, 0.6) is 0 Å². The number of carbonyl (C=O) groups is 1. The maximum Gasteiger partial charge on any atom is 0.126 e. The highest BCUT2D eigenvalue weighted by Gasteiger charge is 2.63. The molecule has 4 saturated carbocycles. The fourth-order valence-corrected chi connectivity index (χ4v) is 7.54. The Hall–Kier alpha value is -0.590. The average Bonchev–Trinajstić information content (AvgIpc) is 2.68. The van der Waals surface area contributed by atoms with Crippen LogP contribution in [0.15, 0.2) is 12.2 Å². The highest BCUT2D eigenvalue weighted by atomic mass is 16.1. The van der Waals surface area contributed by atoms with E-state index in [0.717, 1.165) is 18.3 Å². The van der Waals surface area contributed by atoms with Gasteiger partial charge in [-0.1, -0.05) is 32.4 Å². The van der Waals surface area contributed by atoms with Crippen LogP contribution in [-0.2, 0) is 4.79 Å². The first-order valence-corrected chi connectivity index (χ1v) is 9.08. The van der Waals surface area contributed by atoms with Crippen molar-refractivity contribution >= 4 is 6.29 Å². The van der Waals surface area contributed by atoms with Crippen molar-refractivity contribution in [3.8, 4) is 0 Å². The molecular weight excluding hydrogens is 256 g/mol. The van der Waals surface area contributed by atoms with E-state index in [-0.39, 0.29) is 5.41 Å². The molecule has 0 heterocycles. The largest absolute Gasteiger partial charge is 0.303 e. The predicted molar refractivity (Wildman–Crippen MR) is 85.9 cm³/mol. The van der Waals surface area contributed by atoms with E-state index in [1.54, 1.807) is 5.57 Å². The van der Waals surface area contributed by atoms with Crippen LogP contribution in [0, 0.1) is 34.0 Å². The Morgan fingerprint density at radius 3 is 2.67 bits per heavy atom. The van der Waals surface area contributed by atoms with Gasteiger partial charge in [0.1, 0.15) is 6.29 Å². The van der Waals surface area contributed by atoms with Crippen molar-refractivity contribution in [2.75, 3.05) is 0 Å². The maximum absolute atomic E-state index is 11.8. The molecule has 0 aromatic carbocycles. The Morgan fingerprint density at radius 1 is 1.10 bits per heavy atom. The molecule has 0 aromatic rings. The van der Waals surface area contributed by atoms with Gasteiger partial charge >= 0.3 is 0 Å². The van der Waals surface area contributed by atoms with Crippen LogP contribution in [0.3, 0.4) is 0 Å². The molecule has 1 nitrogen and oxygen atoms in total. The molecule has 4 rings (SSSR count). The van der Waals surface area contributed by atoms with E-state index in [2.05, 4.69) is 20.4 Å². The number of rotatable bonds is 1. The zero-order chi connectivity index (χ0) is 14.9. The van der Waals surface area contributed by atoms with Gasteiger partial charge in [-0.05, 0) is 80.0 Å². The summed E-state index contributed by atoms with van der Waals surface area (Å²) in [5.41, 5.74) is 2.46. The summed E-state index contributed by atoms with van der Waals surface area (Å²) in [4.78, 5) is 11.8. The molecule has 4 aliphatic carbocycles. The summed E-state index contributed by atoms with van der Waals surface area (Å²) < 4.78 is 0. The molecule has 21 heavy (non-hydrogen) atoms. The van der Waals surface area contributed by atoms with Crippen LogP contribution >= 0.6 is 0 Å². The molecule has 0 aromatic heterocycles. The summed E-state index contributed by atoms with van der Waals surface area (Å²) in [5.74, 6) is 2.29. The van der Waals surface area contributed by atoms with Crippen molar-refractivity contribution in [3.05, 3.63) is 12.2 Å². The van der Waals surface area contributed by atoms with Crippen LogP contribution in [0.4, 0.5) is 0 Å². The predicted octanol–water partition coefficient (Wildman–Crippen LogP) is 5.15. The molecule has 4 fully saturated rings. The van der Waals surface area contributed by atoms with Gasteiger partial charge < -0.3 is 4.79 Å². The van der Waals surface area contributed by atoms with E-state index in [4.69, 9.17) is 0 Å². The standard InChI is InChI=1S/C20H30O/c1-14-11-20-10-7-16-18(2,13-21)8-4-9-19(16,3)17(20)6-5-15(14)12-20/h13,15-17H,1,4-12H2,2-3H3/t15-,16+,17-,18-,19+,20+/m0/s1. The van der Waals surface area contributed by atoms with Gasteiger partial charge in [-0.25, -0.2) is 0 Å². The van der Waals surface area contributed by atoms with Gasteiger partial charge in [-0.2, -0.15) is 0 Å². The van der Waals surface area contributed by atoms with Crippen LogP contribution in [-0.4, -0.2) is 6.29 Å². The third kappa shape index (κ3) is 1.67. The molecule has 116 valence electrons. The molecule has 0 saturated heterocycles. The second-order valence-corrected chi connectivity index (χ2v) is 9.30. The SMILES string of the molecule is C=C1C[C@@]23CC[C@H]4[C@@](C)(CCC[C@@]4(C)C=O)[C@@H]2CC[C@H]1C3. The topological polar surface area (TPSA) is 17.1 Å². The fourth-order valence-electron chi connectivity index (χ4n) is 7.54. The first-order chi connectivity index (χ1) is 9.94. The van der Waals surface area contributed by atoms with Gasteiger partial charge in [0.15, 0.2) is 0 Å². The molecule has 0 N–H and O–H groups in total. The third-order valence-electron chi connectivity index (χ3n) is 8.37. The Morgan fingerprint density at radius 2 is 1.90 bits per heavy atom. The van der Waals surface area contributed by atoms with Crippen molar-refractivity contribution in [2.45, 2.75) is 71.6 Å². The second-order valence-electron chi connectivity index (χ2n) is 9.30. The summed E-state index contributed by atoms with van der Waals surface area (Å²) in [7, 11) is 0. The van der Waals surface area contributed by atoms with Crippen molar-refractivity contribution in [2.24, 2.45) is 34.0 Å². The number of hydrogen-bond acceptors (Lipinski definition) is 1. The molecular formula is C20H30O. The summed E-state index contributed by atoms with van der Waals surface area (Å²) in [6.07, 6.45) is 13.1. The molecule has 6 atom stereocenters. The molecule has 0 aliphatic heterocycles. The molecule has 0 radical (unpaired) electrons. The molecule has 0 unspecified atom stereocenters. The number of fused-ring (bicyclic) bond motifs is 3. The smallest absolute Gasteiger partial charge is 0.126 e. The van der Waals surface area contributed by atoms with Gasteiger partial charge in [-0.3, -0.25) is 0 Å². The van der Waals surface area contributed by atoms with Crippen molar-refractivity contribution in [1.82, 2.24) is 0 Å². The second kappa shape index (κ2) is 4.24. The third-order valence-corrected chi connectivity index (χ3v) is 8.37. The lowest BCUT2D eigenvalue weighted by atomic mass is 9.41. The van der Waals surface area contributed by atoms with Gasteiger partial charge in [0, 0.05) is 5.41 Å². The minimum atomic E-state index is -0.0545. The number of allylic oxidation sites excluding steroid dienone is 1. The van der Waals surface area contributed by atoms with Crippen LogP contribution in [0.2, 0.25) is 0 Å². The Labute approximate surface area is 129 Å². The lowest BCUT2D eigenvalue weighted by Crippen LogP contribution is -2.56. The average molecular weight is 286 g/mol. The monoisotopic (exact) mass is 286 g/mol. The zero-order valence-electron chi connectivity index (χ0n) is 13.8. The van der Waals surface area contributed by atoms with Gasteiger partial charge in [0.2, 0.25) is 0 Å². The zero-order valence-corrected chi connectivity index (χ0v) is 13.8. The Kier molecular flexibility index (Phi) is 2.83. The summed E-state index contributed by atoms with van der Waals surface area (Å²) >= 11 is 0. The quantitative estimate of drug-likeness (QED) is 0.481. The number of aldehydes is 1. The number of carbonyl (C=O) groups excluding carboxylic acids is 1. The Bertz CT molecular complexity index is 494. The van der Waals surface area contributed by atoms with Gasteiger partial charge in [0.25, 0.3) is 0 Å². The molecule has 0 amide bonds. The highest BCUT2D eigenvalue weighted by molar-refractivity contribution is 5.60. The minimum absolute atomic E-state index is 0.0545. The number of hydrogen-bond donors (Lipinski definition) is 0. The van der Waals surface area contributed by atoms with Gasteiger partial charge in [0.05, 0.1) is 0 Å². The van der Waals surface area contributed by atoms with Gasteiger partial charge in [-0.15, -0.1) is 0 Å². The first kappa shape index (κ1) is 14.0. The van der Waals surface area contributed by atoms with E-state index >= 15 is 0 Å². The summed E-state index contributed by atoms with van der Waals surface area (Å²) in [5, 5.41) is 0.